The molecule has 108 valence electrons. The van der Waals surface area contributed by atoms with Crippen molar-refractivity contribution in [1.82, 2.24) is 15.6 Å². The number of aryl methyl sites for hydroxylation is 1. The molecule has 0 amide bonds. The number of aromatic nitrogens is 2. The highest BCUT2D eigenvalue weighted by molar-refractivity contribution is 7.98. The molecule has 0 radical (unpaired) electrons. The minimum Gasteiger partial charge on any atom is -0.308 e. The van der Waals surface area contributed by atoms with Gasteiger partial charge in [0, 0.05) is 22.7 Å². The van der Waals surface area contributed by atoms with Crippen LogP contribution in [0.4, 0.5) is 0 Å². The van der Waals surface area contributed by atoms with Crippen molar-refractivity contribution in [2.45, 2.75) is 50.4 Å². The van der Waals surface area contributed by atoms with Crippen molar-refractivity contribution in [2.24, 2.45) is 0 Å². The third-order valence-electron chi connectivity index (χ3n) is 2.84. The smallest absolute Gasteiger partial charge is 0.118 e. The SMILES string of the molecule is Cc1nonc1CSc1cccc(CNC(C)(C)C)c1. The van der Waals surface area contributed by atoms with Gasteiger partial charge in [-0.05, 0) is 45.4 Å². The molecular weight excluding hydrogens is 270 g/mol. The van der Waals surface area contributed by atoms with Crippen LogP contribution < -0.4 is 5.32 Å². The van der Waals surface area contributed by atoms with E-state index in [1.165, 1.54) is 10.5 Å². The minimum atomic E-state index is 0.132. The average Bonchev–Trinajstić information content (AvgIpc) is 2.79. The molecule has 1 aromatic heterocycles. The number of nitrogens with one attached hydrogen (secondary N) is 1. The summed E-state index contributed by atoms with van der Waals surface area (Å²) in [5.74, 6) is 0.783. The molecule has 5 heteroatoms. The third-order valence-corrected chi connectivity index (χ3v) is 3.85. The Bertz CT molecular complexity index is 560. The van der Waals surface area contributed by atoms with Crippen LogP contribution in [0.2, 0.25) is 0 Å². The van der Waals surface area contributed by atoms with Gasteiger partial charge in [-0.15, -0.1) is 11.8 Å². The summed E-state index contributed by atoms with van der Waals surface area (Å²) in [7, 11) is 0. The zero-order valence-corrected chi connectivity index (χ0v) is 13.3. The maximum atomic E-state index is 4.71. The Labute approximate surface area is 124 Å². The van der Waals surface area contributed by atoms with Crippen molar-refractivity contribution in [3.63, 3.8) is 0 Å². The predicted molar refractivity (Wildman–Crippen MR) is 81.6 cm³/mol. The Hall–Kier alpha value is -1.33. The molecule has 1 N–H and O–H groups in total. The fourth-order valence-corrected chi connectivity index (χ4v) is 2.62. The van der Waals surface area contributed by atoms with E-state index in [4.69, 9.17) is 4.63 Å². The highest BCUT2D eigenvalue weighted by atomic mass is 32.2. The van der Waals surface area contributed by atoms with Crippen molar-refractivity contribution < 1.29 is 4.63 Å². The lowest BCUT2D eigenvalue weighted by atomic mass is 10.1. The first-order valence-corrected chi connectivity index (χ1v) is 7.67. The normalized spacial score (nSPS) is 11.8. The molecule has 0 saturated carbocycles. The monoisotopic (exact) mass is 291 g/mol. The fraction of sp³-hybridized carbons (Fsp3) is 0.467. The van der Waals surface area contributed by atoms with E-state index in [2.05, 4.69) is 60.7 Å². The van der Waals surface area contributed by atoms with Gasteiger partial charge in [0.05, 0.1) is 0 Å². The number of rotatable bonds is 5. The van der Waals surface area contributed by atoms with E-state index in [-0.39, 0.29) is 5.54 Å². The Morgan fingerprint density at radius 3 is 2.70 bits per heavy atom. The number of hydrogen-bond acceptors (Lipinski definition) is 5. The van der Waals surface area contributed by atoms with E-state index in [0.29, 0.717) is 0 Å². The standard InChI is InChI=1S/C15H21N3OS/c1-11-14(18-19-17-11)10-20-13-7-5-6-12(8-13)9-16-15(2,3)4/h5-8,16H,9-10H2,1-4H3. The molecule has 2 rings (SSSR count). The minimum absolute atomic E-state index is 0.132. The van der Waals surface area contributed by atoms with Gasteiger partial charge in [0.2, 0.25) is 0 Å². The van der Waals surface area contributed by atoms with Crippen molar-refractivity contribution >= 4 is 11.8 Å². The molecule has 0 saturated heterocycles. The maximum Gasteiger partial charge on any atom is 0.118 e. The van der Waals surface area contributed by atoms with Crippen LogP contribution in [0.3, 0.4) is 0 Å². The van der Waals surface area contributed by atoms with Gasteiger partial charge in [0.25, 0.3) is 0 Å². The lowest BCUT2D eigenvalue weighted by Gasteiger charge is -2.20. The van der Waals surface area contributed by atoms with Crippen LogP contribution in [-0.4, -0.2) is 15.9 Å². The van der Waals surface area contributed by atoms with Crippen LogP contribution in [0.1, 0.15) is 37.7 Å². The zero-order valence-electron chi connectivity index (χ0n) is 12.4. The maximum absolute atomic E-state index is 4.71. The molecule has 0 bridgehead atoms. The largest absolute Gasteiger partial charge is 0.308 e. The number of hydrogen-bond donors (Lipinski definition) is 1. The van der Waals surface area contributed by atoms with Crippen LogP contribution in [0.15, 0.2) is 33.8 Å². The van der Waals surface area contributed by atoms with Crippen molar-refractivity contribution in [2.75, 3.05) is 0 Å². The second-order valence-electron chi connectivity index (χ2n) is 5.84. The summed E-state index contributed by atoms with van der Waals surface area (Å²) in [6.07, 6.45) is 0. The van der Waals surface area contributed by atoms with Gasteiger partial charge >= 0.3 is 0 Å². The van der Waals surface area contributed by atoms with Crippen LogP contribution in [0, 0.1) is 6.92 Å². The quantitative estimate of drug-likeness (QED) is 0.854. The number of nitrogens with zero attached hydrogens (tertiary/aromatic N) is 2. The van der Waals surface area contributed by atoms with Crippen LogP contribution in [0.5, 0.6) is 0 Å². The van der Waals surface area contributed by atoms with Crippen LogP contribution >= 0.6 is 11.8 Å². The highest BCUT2D eigenvalue weighted by Gasteiger charge is 2.09. The molecule has 0 aliphatic carbocycles. The molecule has 0 aliphatic heterocycles. The van der Waals surface area contributed by atoms with E-state index in [9.17, 15) is 0 Å². The molecule has 1 aromatic carbocycles. The van der Waals surface area contributed by atoms with Gasteiger partial charge in [-0.3, -0.25) is 0 Å². The number of thioether (sulfide) groups is 1. The lowest BCUT2D eigenvalue weighted by molar-refractivity contribution is 0.302. The summed E-state index contributed by atoms with van der Waals surface area (Å²) in [6, 6.07) is 8.57. The summed E-state index contributed by atoms with van der Waals surface area (Å²) < 4.78 is 4.71. The molecular formula is C15H21N3OS. The summed E-state index contributed by atoms with van der Waals surface area (Å²) in [5, 5.41) is 11.2. The van der Waals surface area contributed by atoms with Gasteiger partial charge in [0.1, 0.15) is 11.4 Å². The van der Waals surface area contributed by atoms with Gasteiger partial charge in [-0.25, -0.2) is 4.63 Å². The molecule has 0 spiro atoms. The van der Waals surface area contributed by atoms with Gasteiger partial charge in [-0.2, -0.15) is 0 Å². The van der Waals surface area contributed by atoms with Crippen molar-refractivity contribution in [1.29, 1.82) is 0 Å². The lowest BCUT2D eigenvalue weighted by Crippen LogP contribution is -2.35. The summed E-state index contributed by atoms with van der Waals surface area (Å²) in [5.41, 5.74) is 3.20. The van der Waals surface area contributed by atoms with Gasteiger partial charge in [-0.1, -0.05) is 22.4 Å². The molecule has 0 fully saturated rings. The topological polar surface area (TPSA) is 51.0 Å². The van der Waals surface area contributed by atoms with Crippen LogP contribution in [0.25, 0.3) is 0 Å². The predicted octanol–water partition coefficient (Wildman–Crippen LogP) is 3.56. The Morgan fingerprint density at radius 1 is 1.25 bits per heavy atom. The molecule has 0 aliphatic rings. The first-order chi connectivity index (χ1) is 9.44. The first-order valence-electron chi connectivity index (χ1n) is 6.69. The average molecular weight is 291 g/mol. The van der Waals surface area contributed by atoms with Gasteiger partial charge < -0.3 is 5.32 Å². The molecule has 0 unspecified atom stereocenters. The summed E-state index contributed by atoms with van der Waals surface area (Å²) in [6.45, 7) is 9.31. The van der Waals surface area contributed by atoms with E-state index >= 15 is 0 Å². The third kappa shape index (κ3) is 4.65. The Balaban J connectivity index is 1.94. The second kappa shape index (κ2) is 6.41. The molecule has 4 nitrogen and oxygen atoms in total. The zero-order chi connectivity index (χ0) is 14.6. The van der Waals surface area contributed by atoms with E-state index in [1.54, 1.807) is 11.8 Å². The molecule has 1 heterocycles. The Morgan fingerprint density at radius 2 is 2.05 bits per heavy atom. The van der Waals surface area contributed by atoms with E-state index in [1.807, 2.05) is 6.92 Å². The second-order valence-corrected chi connectivity index (χ2v) is 6.88. The fourth-order valence-electron chi connectivity index (χ4n) is 1.64. The van der Waals surface area contributed by atoms with Crippen LogP contribution in [-0.2, 0) is 12.3 Å². The van der Waals surface area contributed by atoms with E-state index < -0.39 is 0 Å². The van der Waals surface area contributed by atoms with Crippen molar-refractivity contribution in [3.05, 3.63) is 41.2 Å². The van der Waals surface area contributed by atoms with Gasteiger partial charge in [0.15, 0.2) is 0 Å². The van der Waals surface area contributed by atoms with Crippen molar-refractivity contribution in [3.8, 4) is 0 Å². The number of benzene rings is 1. The molecule has 20 heavy (non-hydrogen) atoms. The first kappa shape index (κ1) is 15.1. The summed E-state index contributed by atoms with van der Waals surface area (Å²) in [4.78, 5) is 1.24. The molecule has 0 atom stereocenters. The molecule has 2 aromatic rings. The highest BCUT2D eigenvalue weighted by Crippen LogP contribution is 2.23. The van der Waals surface area contributed by atoms with E-state index in [0.717, 1.165) is 23.7 Å². The Kier molecular flexibility index (Phi) is 4.83. The summed E-state index contributed by atoms with van der Waals surface area (Å²) >= 11 is 1.75.